The lowest BCUT2D eigenvalue weighted by atomic mass is 10.3. The molecule has 0 saturated carbocycles. The van der Waals surface area contributed by atoms with Gasteiger partial charge in [0.2, 0.25) is 0 Å². The van der Waals surface area contributed by atoms with Gasteiger partial charge in [0.1, 0.15) is 5.10 Å². The Morgan fingerprint density at radius 3 is 2.00 bits per heavy atom. The molecule has 0 aliphatic carbocycles. The van der Waals surface area contributed by atoms with E-state index in [9.17, 15) is 20.2 Å². The Morgan fingerprint density at radius 1 is 0.957 bits per heavy atom. The van der Waals surface area contributed by atoms with Crippen molar-refractivity contribution in [1.82, 2.24) is 0 Å². The van der Waals surface area contributed by atoms with Gasteiger partial charge in [-0.05, 0) is 6.07 Å². The van der Waals surface area contributed by atoms with Crippen molar-refractivity contribution < 1.29 is 9.96 Å². The van der Waals surface area contributed by atoms with E-state index in [4.69, 9.17) is 5.73 Å². The number of hydrogen-bond acceptors (Lipinski definition) is 5. The molecule has 0 spiro atoms. The van der Waals surface area contributed by atoms with Crippen LogP contribution in [0.15, 0.2) is 76.0 Å². The van der Waals surface area contributed by atoms with Crippen LogP contribution in [0.2, 0.25) is 0 Å². The molecule has 0 atom stereocenters. The van der Waals surface area contributed by atoms with Crippen molar-refractivity contribution in [3.63, 3.8) is 0 Å². The van der Waals surface area contributed by atoms with Gasteiger partial charge in [0.15, 0.2) is 5.03 Å². The van der Waals surface area contributed by atoms with Gasteiger partial charge >= 0.3 is 5.96 Å². The zero-order valence-electron chi connectivity index (χ0n) is 11.7. The number of azo groups is 1. The van der Waals surface area contributed by atoms with Crippen molar-refractivity contribution in [2.45, 2.75) is 0 Å². The van der Waals surface area contributed by atoms with Gasteiger partial charge in [0, 0.05) is 12.1 Å². The number of benzene rings is 2. The Morgan fingerprint density at radius 2 is 1.52 bits per heavy atom. The second-order valence-corrected chi connectivity index (χ2v) is 3.83. The molecule has 10 nitrogen and oxygen atoms in total. The smallest absolute Gasteiger partial charge is 0.310 e. The molecule has 0 radical (unpaired) electrons. The normalized spacial score (nSPS) is 10.7. The van der Waals surface area contributed by atoms with E-state index >= 15 is 0 Å². The summed E-state index contributed by atoms with van der Waals surface area (Å²) in [6.07, 6.45) is 0. The van der Waals surface area contributed by atoms with Gasteiger partial charge in [-0.3, -0.25) is 10.1 Å². The summed E-state index contributed by atoms with van der Waals surface area (Å²) in [7, 11) is 0. The van der Waals surface area contributed by atoms with E-state index in [-0.39, 0.29) is 11.4 Å². The Bertz CT molecular complexity index is 691. The van der Waals surface area contributed by atoms with E-state index in [0.29, 0.717) is 0 Å². The molecule has 2 rings (SSSR count). The topological polar surface area (TPSA) is 149 Å². The van der Waals surface area contributed by atoms with Gasteiger partial charge in [-0.2, -0.15) is 0 Å². The molecule has 0 amide bonds. The number of hydrogen-bond donors (Lipinski definition) is 1. The average molecular weight is 316 g/mol. The Hall–Kier alpha value is -3.69. The summed E-state index contributed by atoms with van der Waals surface area (Å²) in [5.74, 6) is -0.651. The molecule has 23 heavy (non-hydrogen) atoms. The van der Waals surface area contributed by atoms with E-state index in [2.05, 4.69) is 15.3 Å². The van der Waals surface area contributed by atoms with Crippen molar-refractivity contribution >= 4 is 17.3 Å². The number of nitro benzene ring substituents is 1. The SMILES string of the molecule is N/C(N=Nc1cccc([N+](=O)[O-])c1)=N\[N+](=O)[O-].c1ccccc1. The molecular weight excluding hydrogens is 304 g/mol. The molecule has 0 aromatic heterocycles. The zero-order valence-corrected chi connectivity index (χ0v) is 11.7. The molecule has 0 saturated heterocycles. The third-order valence-corrected chi connectivity index (χ3v) is 2.16. The van der Waals surface area contributed by atoms with Gasteiger partial charge in [0.05, 0.1) is 10.6 Å². The van der Waals surface area contributed by atoms with E-state index in [1.54, 1.807) is 0 Å². The van der Waals surface area contributed by atoms with Crippen molar-refractivity contribution in [1.29, 1.82) is 0 Å². The molecule has 118 valence electrons. The Labute approximate surface area is 130 Å². The fraction of sp³-hybridized carbons (Fsp3) is 0. The summed E-state index contributed by atoms with van der Waals surface area (Å²) in [6.45, 7) is 0. The van der Waals surface area contributed by atoms with Gasteiger partial charge in [-0.1, -0.05) is 42.5 Å². The van der Waals surface area contributed by atoms with E-state index in [1.807, 2.05) is 36.4 Å². The van der Waals surface area contributed by atoms with Crippen LogP contribution in [0.25, 0.3) is 0 Å². The molecule has 2 N–H and O–H groups in total. The molecule has 0 bridgehead atoms. The van der Waals surface area contributed by atoms with Crippen LogP contribution < -0.4 is 5.73 Å². The molecule has 2 aromatic carbocycles. The molecule has 10 heteroatoms. The molecule has 0 fully saturated rings. The van der Waals surface area contributed by atoms with Crippen LogP contribution in [0, 0.1) is 20.2 Å². The average Bonchev–Trinajstić information content (AvgIpc) is 2.55. The quantitative estimate of drug-likeness (QED) is 0.303. The fourth-order valence-corrected chi connectivity index (χ4v) is 1.27. The first-order valence-electron chi connectivity index (χ1n) is 6.13. The maximum absolute atomic E-state index is 10.4. The maximum Gasteiger partial charge on any atom is 0.310 e. The second kappa shape index (κ2) is 9.28. The summed E-state index contributed by atoms with van der Waals surface area (Å²) in [6, 6.07) is 17.2. The highest BCUT2D eigenvalue weighted by molar-refractivity contribution is 5.77. The second-order valence-electron chi connectivity index (χ2n) is 3.83. The number of nitrogens with two attached hydrogens (primary N) is 1. The Kier molecular flexibility index (Phi) is 7.01. The van der Waals surface area contributed by atoms with Gasteiger partial charge in [-0.25, -0.2) is 10.1 Å². The fourth-order valence-electron chi connectivity index (χ4n) is 1.27. The van der Waals surface area contributed by atoms with Gasteiger partial charge in [-0.15, -0.1) is 10.2 Å². The van der Waals surface area contributed by atoms with Gasteiger partial charge < -0.3 is 5.73 Å². The first kappa shape index (κ1) is 17.4. The number of hydrazone groups is 1. The Balaban J connectivity index is 0.000000366. The summed E-state index contributed by atoms with van der Waals surface area (Å²) in [5, 5.41) is 28.7. The van der Waals surface area contributed by atoms with Crippen LogP contribution in [-0.4, -0.2) is 15.9 Å². The highest BCUT2D eigenvalue weighted by atomic mass is 16.7. The van der Waals surface area contributed by atoms with E-state index < -0.39 is 15.9 Å². The number of rotatable bonds is 3. The third-order valence-electron chi connectivity index (χ3n) is 2.16. The molecule has 0 heterocycles. The number of guanidine groups is 1. The van der Waals surface area contributed by atoms with Crippen LogP contribution in [0.1, 0.15) is 0 Å². The highest BCUT2D eigenvalue weighted by Gasteiger charge is 2.05. The third kappa shape index (κ3) is 7.60. The van der Waals surface area contributed by atoms with Crippen LogP contribution >= 0.6 is 0 Å². The van der Waals surface area contributed by atoms with Crippen LogP contribution in [0.4, 0.5) is 11.4 Å². The lowest BCUT2D eigenvalue weighted by Gasteiger charge is -1.92. The molecule has 0 aliphatic rings. The minimum Gasteiger partial charge on any atom is -0.362 e. The lowest BCUT2D eigenvalue weighted by molar-refractivity contribution is -0.485. The first-order valence-corrected chi connectivity index (χ1v) is 6.13. The maximum atomic E-state index is 10.4. The summed E-state index contributed by atoms with van der Waals surface area (Å²) < 4.78 is 0. The summed E-state index contributed by atoms with van der Waals surface area (Å²) >= 11 is 0. The molecular formula is C13H12N6O4. The van der Waals surface area contributed by atoms with E-state index in [1.165, 1.54) is 18.2 Å². The van der Waals surface area contributed by atoms with Crippen LogP contribution in [0.3, 0.4) is 0 Å². The zero-order chi connectivity index (χ0) is 17.1. The predicted molar refractivity (Wildman–Crippen MR) is 82.7 cm³/mol. The summed E-state index contributed by atoms with van der Waals surface area (Å²) in [5.41, 5.74) is 5.00. The highest BCUT2D eigenvalue weighted by Crippen LogP contribution is 2.19. The summed E-state index contributed by atoms with van der Waals surface area (Å²) in [4.78, 5) is 19.7. The van der Waals surface area contributed by atoms with Crippen molar-refractivity contribution in [3.8, 4) is 0 Å². The molecule has 0 unspecified atom stereocenters. The monoisotopic (exact) mass is 316 g/mol. The van der Waals surface area contributed by atoms with Gasteiger partial charge in [0.25, 0.3) is 5.69 Å². The molecule has 2 aromatic rings. The largest absolute Gasteiger partial charge is 0.362 e. The standard InChI is InChI=1S/C7H6N6O4.C6H6/c8-7(11-13(16)17)10-9-5-2-1-3-6(4-5)12(14)15;1-2-4-6-5-3-1/h1-4H,(H2,8,11);1-6H. The van der Waals surface area contributed by atoms with Crippen molar-refractivity contribution in [2.75, 3.05) is 0 Å². The van der Waals surface area contributed by atoms with Crippen LogP contribution in [0.5, 0.6) is 0 Å². The number of nitrogens with zero attached hydrogens (tertiary/aromatic N) is 5. The van der Waals surface area contributed by atoms with Crippen molar-refractivity contribution in [2.24, 2.45) is 21.1 Å². The minimum absolute atomic E-state index is 0.140. The van der Waals surface area contributed by atoms with E-state index in [0.717, 1.165) is 6.07 Å². The molecule has 0 aliphatic heterocycles. The lowest BCUT2D eigenvalue weighted by Crippen LogP contribution is -2.09. The minimum atomic E-state index is -1.03. The predicted octanol–water partition coefficient (Wildman–Crippen LogP) is 2.87. The van der Waals surface area contributed by atoms with Crippen LogP contribution in [-0.2, 0) is 0 Å². The number of non-ortho nitro benzene ring substituents is 1. The first-order chi connectivity index (χ1) is 11.0. The number of nitro groups is 2. The van der Waals surface area contributed by atoms with Crippen molar-refractivity contribution in [3.05, 3.63) is 80.9 Å².